The molecule has 0 aromatic heterocycles. The summed E-state index contributed by atoms with van der Waals surface area (Å²) in [4.78, 5) is 24.1. The average molecular weight is 229 g/mol. The summed E-state index contributed by atoms with van der Waals surface area (Å²) in [6.07, 6.45) is -0.143. The second-order valence-corrected chi connectivity index (χ2v) is 4.18. The predicted octanol–water partition coefficient (Wildman–Crippen LogP) is -0.391. The minimum atomic E-state index is -0.458. The molecule has 2 rings (SSSR count). The molecule has 0 aromatic rings. The molecule has 0 aliphatic carbocycles. The molecule has 2 aliphatic heterocycles. The van der Waals surface area contributed by atoms with E-state index in [1.165, 1.54) is 12.0 Å². The maximum Gasteiger partial charge on any atom is 0.409 e. The average Bonchev–Trinajstić information content (AvgIpc) is 2.65. The predicted molar refractivity (Wildman–Crippen MR) is 52.5 cm³/mol. The number of methoxy groups -OCH3 is 1. The van der Waals surface area contributed by atoms with Crippen LogP contribution in [-0.4, -0.2) is 55.0 Å². The fourth-order valence-corrected chi connectivity index (χ4v) is 2.56. The molecule has 6 heteroatoms. The molecule has 6 nitrogen and oxygen atoms in total. The summed E-state index contributed by atoms with van der Waals surface area (Å²) >= 11 is 0. The van der Waals surface area contributed by atoms with E-state index < -0.39 is 6.09 Å². The molecule has 3 atom stereocenters. The largest absolute Gasteiger partial charge is 0.465 e. The fraction of sp³-hybridized carbons (Fsp3) is 0.800. The Bertz CT molecular complexity index is 306. The van der Waals surface area contributed by atoms with Gasteiger partial charge in [-0.05, 0) is 5.92 Å². The number of cyclic esters (lactones) is 1. The topological polar surface area (TPSA) is 76.1 Å². The molecule has 1 amide bonds. The van der Waals surface area contributed by atoms with Gasteiger partial charge in [0.2, 0.25) is 0 Å². The first-order valence-electron chi connectivity index (χ1n) is 5.28. The quantitative estimate of drug-likeness (QED) is 0.620. The third kappa shape index (κ3) is 1.73. The van der Waals surface area contributed by atoms with Gasteiger partial charge < -0.3 is 19.5 Å². The van der Waals surface area contributed by atoms with Gasteiger partial charge >= 0.3 is 12.1 Å². The first-order chi connectivity index (χ1) is 7.67. The molecule has 0 bridgehead atoms. The van der Waals surface area contributed by atoms with Crippen LogP contribution in [0.1, 0.15) is 6.42 Å². The van der Waals surface area contributed by atoms with E-state index in [2.05, 4.69) is 4.74 Å². The number of aliphatic hydroxyl groups excluding tert-OH is 1. The van der Waals surface area contributed by atoms with Crippen molar-refractivity contribution in [1.29, 1.82) is 0 Å². The van der Waals surface area contributed by atoms with Gasteiger partial charge in [-0.25, -0.2) is 4.79 Å². The van der Waals surface area contributed by atoms with Gasteiger partial charge in [-0.2, -0.15) is 0 Å². The standard InChI is InChI=1S/C10H15NO5/c1-15-10(14)11-3-6-2-9(13)16-5-7(6)8(11)4-12/h6-8,12H,2-5H2,1H3/t6?,7?,8-/m0/s1. The smallest absolute Gasteiger partial charge is 0.409 e. The highest BCUT2D eigenvalue weighted by Gasteiger charge is 2.47. The summed E-state index contributed by atoms with van der Waals surface area (Å²) in [5, 5.41) is 9.30. The normalized spacial score (nSPS) is 33.2. The van der Waals surface area contributed by atoms with Crippen LogP contribution in [0.15, 0.2) is 0 Å². The van der Waals surface area contributed by atoms with Crippen LogP contribution in [0, 0.1) is 11.8 Å². The molecule has 2 saturated heterocycles. The van der Waals surface area contributed by atoms with E-state index in [0.29, 0.717) is 13.0 Å². The van der Waals surface area contributed by atoms with E-state index in [0.717, 1.165) is 0 Å². The van der Waals surface area contributed by atoms with Crippen molar-refractivity contribution in [2.75, 3.05) is 26.9 Å². The van der Waals surface area contributed by atoms with Crippen LogP contribution >= 0.6 is 0 Å². The van der Waals surface area contributed by atoms with Crippen LogP contribution in [0.3, 0.4) is 0 Å². The van der Waals surface area contributed by atoms with Crippen molar-refractivity contribution in [2.24, 2.45) is 11.8 Å². The zero-order valence-electron chi connectivity index (χ0n) is 9.09. The summed E-state index contributed by atoms with van der Waals surface area (Å²) in [7, 11) is 1.31. The third-order valence-corrected chi connectivity index (χ3v) is 3.39. The van der Waals surface area contributed by atoms with Crippen molar-refractivity contribution in [2.45, 2.75) is 12.5 Å². The lowest BCUT2D eigenvalue weighted by atomic mass is 9.87. The van der Waals surface area contributed by atoms with E-state index in [1.807, 2.05) is 0 Å². The number of ether oxygens (including phenoxy) is 2. The van der Waals surface area contributed by atoms with Crippen LogP contribution in [0.25, 0.3) is 0 Å². The Morgan fingerprint density at radius 1 is 1.69 bits per heavy atom. The molecule has 0 saturated carbocycles. The van der Waals surface area contributed by atoms with E-state index in [9.17, 15) is 14.7 Å². The van der Waals surface area contributed by atoms with Crippen molar-refractivity contribution in [3.8, 4) is 0 Å². The number of likely N-dealkylation sites (tertiary alicyclic amines) is 1. The van der Waals surface area contributed by atoms with E-state index in [4.69, 9.17) is 4.74 Å². The Morgan fingerprint density at radius 3 is 3.06 bits per heavy atom. The molecule has 2 fully saturated rings. The molecule has 0 radical (unpaired) electrons. The zero-order chi connectivity index (χ0) is 11.7. The van der Waals surface area contributed by atoms with E-state index in [1.54, 1.807) is 0 Å². The van der Waals surface area contributed by atoms with Crippen LogP contribution < -0.4 is 0 Å². The van der Waals surface area contributed by atoms with Crippen molar-refractivity contribution in [3.05, 3.63) is 0 Å². The van der Waals surface area contributed by atoms with Gasteiger partial charge in [0, 0.05) is 12.5 Å². The highest BCUT2D eigenvalue weighted by Crippen LogP contribution is 2.35. The molecule has 2 aliphatic rings. The number of carbonyl (C=O) groups is 2. The van der Waals surface area contributed by atoms with Crippen LogP contribution in [0.4, 0.5) is 4.79 Å². The van der Waals surface area contributed by atoms with Gasteiger partial charge in [0.15, 0.2) is 0 Å². The van der Waals surface area contributed by atoms with E-state index >= 15 is 0 Å². The molecule has 16 heavy (non-hydrogen) atoms. The lowest BCUT2D eigenvalue weighted by Gasteiger charge is -2.27. The summed E-state index contributed by atoms with van der Waals surface area (Å²) in [6, 6.07) is -0.300. The summed E-state index contributed by atoms with van der Waals surface area (Å²) in [6.45, 7) is 0.605. The number of carbonyl (C=O) groups excluding carboxylic acids is 2. The lowest BCUT2D eigenvalue weighted by molar-refractivity contribution is -0.152. The SMILES string of the molecule is COC(=O)N1CC2CC(=O)OCC2[C@@H]1CO. The number of rotatable bonds is 1. The highest BCUT2D eigenvalue weighted by atomic mass is 16.5. The van der Waals surface area contributed by atoms with Gasteiger partial charge in [0.1, 0.15) is 0 Å². The molecule has 90 valence electrons. The Hall–Kier alpha value is -1.30. The number of hydrogen-bond donors (Lipinski definition) is 1. The van der Waals surface area contributed by atoms with Crippen LogP contribution in [-0.2, 0) is 14.3 Å². The number of aliphatic hydroxyl groups is 1. The van der Waals surface area contributed by atoms with Crippen molar-refractivity contribution in [3.63, 3.8) is 0 Å². The van der Waals surface area contributed by atoms with Gasteiger partial charge in [0.25, 0.3) is 0 Å². The molecule has 2 heterocycles. The Morgan fingerprint density at radius 2 is 2.44 bits per heavy atom. The van der Waals surface area contributed by atoms with Gasteiger partial charge in [-0.15, -0.1) is 0 Å². The zero-order valence-corrected chi connectivity index (χ0v) is 9.09. The molecular formula is C10H15NO5. The maximum atomic E-state index is 11.5. The van der Waals surface area contributed by atoms with Crippen molar-refractivity contribution < 1.29 is 24.2 Å². The first-order valence-corrected chi connectivity index (χ1v) is 5.28. The fourth-order valence-electron chi connectivity index (χ4n) is 2.56. The first kappa shape index (κ1) is 11.2. The summed E-state index contributed by atoms with van der Waals surface area (Å²) in [5.74, 6) is -0.121. The molecule has 1 N–H and O–H groups in total. The van der Waals surface area contributed by atoms with Gasteiger partial charge in [0.05, 0.1) is 32.8 Å². The number of amides is 1. The minimum Gasteiger partial charge on any atom is -0.465 e. The molecule has 2 unspecified atom stereocenters. The molecular weight excluding hydrogens is 214 g/mol. The van der Waals surface area contributed by atoms with Gasteiger partial charge in [-0.3, -0.25) is 4.79 Å². The van der Waals surface area contributed by atoms with Crippen LogP contribution in [0.2, 0.25) is 0 Å². The monoisotopic (exact) mass is 229 g/mol. The second kappa shape index (κ2) is 4.29. The Kier molecular flexibility index (Phi) is 3.00. The number of nitrogens with zero attached hydrogens (tertiary/aromatic N) is 1. The maximum absolute atomic E-state index is 11.5. The number of fused-ring (bicyclic) bond motifs is 1. The molecule has 0 spiro atoms. The summed E-state index contributed by atoms with van der Waals surface area (Å²) < 4.78 is 9.61. The number of hydrogen-bond acceptors (Lipinski definition) is 5. The number of esters is 1. The lowest BCUT2D eigenvalue weighted by Crippen LogP contribution is -2.42. The molecule has 0 aromatic carbocycles. The third-order valence-electron chi connectivity index (χ3n) is 3.39. The van der Waals surface area contributed by atoms with Crippen molar-refractivity contribution >= 4 is 12.1 Å². The Labute approximate surface area is 93.1 Å². The van der Waals surface area contributed by atoms with Crippen molar-refractivity contribution in [1.82, 2.24) is 4.90 Å². The van der Waals surface area contributed by atoms with Gasteiger partial charge in [-0.1, -0.05) is 0 Å². The van der Waals surface area contributed by atoms with Crippen LogP contribution in [0.5, 0.6) is 0 Å². The second-order valence-electron chi connectivity index (χ2n) is 4.18. The van der Waals surface area contributed by atoms with E-state index in [-0.39, 0.29) is 37.1 Å². The minimum absolute atomic E-state index is 0.0294. The Balaban J connectivity index is 2.13. The highest BCUT2D eigenvalue weighted by molar-refractivity contribution is 5.72. The summed E-state index contributed by atoms with van der Waals surface area (Å²) in [5.41, 5.74) is 0.